The molecular weight excluding hydrogens is 392 g/mol. The van der Waals surface area contributed by atoms with Crippen LogP contribution in [0.2, 0.25) is 0 Å². The van der Waals surface area contributed by atoms with Gasteiger partial charge in [0.15, 0.2) is 0 Å². The van der Waals surface area contributed by atoms with Crippen LogP contribution >= 0.6 is 0 Å². The summed E-state index contributed by atoms with van der Waals surface area (Å²) in [5.41, 5.74) is 2.43. The maximum absolute atomic E-state index is 12.6. The third kappa shape index (κ3) is 5.87. The van der Waals surface area contributed by atoms with Crippen LogP contribution < -0.4 is 19.1 Å². The number of hydrogen-bond donors (Lipinski definition) is 1. The average Bonchev–Trinajstić information content (AvgIpc) is 2.70. The summed E-state index contributed by atoms with van der Waals surface area (Å²) in [5.74, 6) is 0.402. The van der Waals surface area contributed by atoms with Crippen LogP contribution in [0.15, 0.2) is 42.5 Å². The summed E-state index contributed by atoms with van der Waals surface area (Å²) in [5, 5.41) is 2.86. The van der Waals surface area contributed by atoms with Gasteiger partial charge in [-0.1, -0.05) is 31.2 Å². The van der Waals surface area contributed by atoms with Gasteiger partial charge in [-0.25, -0.2) is 8.42 Å². The zero-order chi connectivity index (χ0) is 21.6. The third-order valence-corrected chi connectivity index (χ3v) is 5.74. The summed E-state index contributed by atoms with van der Waals surface area (Å²) in [7, 11) is -0.787. The number of nitrogens with one attached hydrogen (secondary N) is 1. The number of benzene rings is 2. The molecule has 7 nitrogen and oxygen atoms in total. The first-order valence-corrected chi connectivity index (χ1v) is 11.1. The molecule has 1 N–H and O–H groups in total. The molecule has 0 saturated heterocycles. The van der Waals surface area contributed by atoms with Crippen LogP contribution in [0, 0.1) is 0 Å². The van der Waals surface area contributed by atoms with Crippen LogP contribution in [-0.2, 0) is 21.2 Å². The van der Waals surface area contributed by atoms with Gasteiger partial charge >= 0.3 is 0 Å². The molecule has 8 heteroatoms. The number of sulfonamides is 1. The average molecular weight is 421 g/mol. The molecule has 1 amide bonds. The molecule has 0 spiro atoms. The van der Waals surface area contributed by atoms with Gasteiger partial charge in [-0.05, 0) is 36.6 Å². The van der Waals surface area contributed by atoms with Gasteiger partial charge in [0.25, 0.3) is 0 Å². The summed E-state index contributed by atoms with van der Waals surface area (Å²) in [6, 6.07) is 12.4. The van der Waals surface area contributed by atoms with Crippen LogP contribution in [0.4, 0.5) is 5.69 Å². The second-order valence-electron chi connectivity index (χ2n) is 6.69. The molecule has 1 atom stereocenters. The molecule has 0 heterocycles. The Labute approximate surface area is 172 Å². The molecule has 0 radical (unpaired) electrons. The summed E-state index contributed by atoms with van der Waals surface area (Å²) in [6.07, 6.45) is 1.99. The van der Waals surface area contributed by atoms with E-state index in [1.165, 1.54) is 19.8 Å². The molecule has 158 valence electrons. The SMILES string of the molecule is CCc1ccc([C@@H](C)NC(=O)CN(c2ccc(OC)cc2OC)S(C)(=O)=O)cc1. The van der Waals surface area contributed by atoms with Crippen molar-refractivity contribution in [1.82, 2.24) is 5.32 Å². The van der Waals surface area contributed by atoms with E-state index in [0.717, 1.165) is 22.5 Å². The van der Waals surface area contributed by atoms with Crippen molar-refractivity contribution in [2.24, 2.45) is 0 Å². The van der Waals surface area contributed by atoms with E-state index in [9.17, 15) is 13.2 Å². The maximum atomic E-state index is 12.6. The first-order chi connectivity index (χ1) is 13.7. The highest BCUT2D eigenvalue weighted by atomic mass is 32.2. The fourth-order valence-electron chi connectivity index (χ4n) is 2.91. The Morgan fingerprint density at radius 2 is 1.76 bits per heavy atom. The molecule has 0 bridgehead atoms. The summed E-state index contributed by atoms with van der Waals surface area (Å²) < 4.78 is 36.2. The van der Waals surface area contributed by atoms with Crippen molar-refractivity contribution in [3.8, 4) is 11.5 Å². The second-order valence-corrected chi connectivity index (χ2v) is 8.60. The minimum Gasteiger partial charge on any atom is -0.497 e. The predicted molar refractivity (Wildman–Crippen MR) is 114 cm³/mol. The Hall–Kier alpha value is -2.74. The summed E-state index contributed by atoms with van der Waals surface area (Å²) in [4.78, 5) is 12.6. The summed E-state index contributed by atoms with van der Waals surface area (Å²) >= 11 is 0. The van der Waals surface area contributed by atoms with E-state index < -0.39 is 15.9 Å². The predicted octanol–water partition coefficient (Wildman–Crippen LogP) is 2.91. The van der Waals surface area contributed by atoms with E-state index >= 15 is 0 Å². The first-order valence-electron chi connectivity index (χ1n) is 9.27. The molecule has 0 aromatic heterocycles. The number of ether oxygens (including phenoxy) is 2. The van der Waals surface area contributed by atoms with Crippen LogP contribution in [-0.4, -0.2) is 41.3 Å². The van der Waals surface area contributed by atoms with Gasteiger partial charge in [0.05, 0.1) is 32.2 Å². The molecule has 0 aliphatic heterocycles. The van der Waals surface area contributed by atoms with Crippen molar-refractivity contribution in [2.75, 3.05) is 31.3 Å². The van der Waals surface area contributed by atoms with Crippen LogP contribution in [0.25, 0.3) is 0 Å². The lowest BCUT2D eigenvalue weighted by atomic mass is 10.1. The number of hydrogen-bond acceptors (Lipinski definition) is 5. The fourth-order valence-corrected chi connectivity index (χ4v) is 3.77. The van der Waals surface area contributed by atoms with Crippen molar-refractivity contribution in [3.05, 3.63) is 53.6 Å². The van der Waals surface area contributed by atoms with Crippen molar-refractivity contribution < 1.29 is 22.7 Å². The highest BCUT2D eigenvalue weighted by Gasteiger charge is 2.25. The van der Waals surface area contributed by atoms with Gasteiger partial charge in [-0.15, -0.1) is 0 Å². The van der Waals surface area contributed by atoms with Gasteiger partial charge in [0, 0.05) is 6.07 Å². The lowest BCUT2D eigenvalue weighted by Gasteiger charge is -2.25. The topological polar surface area (TPSA) is 84.9 Å². The van der Waals surface area contributed by atoms with Crippen LogP contribution in [0.1, 0.15) is 31.0 Å². The smallest absolute Gasteiger partial charge is 0.241 e. The minimum absolute atomic E-state index is 0.257. The second kappa shape index (κ2) is 9.65. The number of methoxy groups -OCH3 is 2. The largest absolute Gasteiger partial charge is 0.497 e. The normalized spacial score (nSPS) is 12.2. The lowest BCUT2D eigenvalue weighted by Crippen LogP contribution is -2.41. The van der Waals surface area contributed by atoms with Gasteiger partial charge in [0.1, 0.15) is 18.0 Å². The summed E-state index contributed by atoms with van der Waals surface area (Å²) in [6.45, 7) is 3.57. The monoisotopic (exact) mass is 420 g/mol. The Balaban J connectivity index is 2.21. The van der Waals surface area contributed by atoms with Gasteiger partial charge in [-0.3, -0.25) is 9.10 Å². The zero-order valence-electron chi connectivity index (χ0n) is 17.4. The highest BCUT2D eigenvalue weighted by Crippen LogP contribution is 2.33. The Kier molecular flexibility index (Phi) is 7.50. The molecule has 2 aromatic rings. The van der Waals surface area contributed by atoms with Crippen LogP contribution in [0.5, 0.6) is 11.5 Å². The Morgan fingerprint density at radius 3 is 2.28 bits per heavy atom. The molecule has 0 aliphatic carbocycles. The van der Waals surface area contributed by atoms with E-state index in [-0.39, 0.29) is 18.3 Å². The first kappa shape index (κ1) is 22.5. The van der Waals surface area contributed by atoms with E-state index in [4.69, 9.17) is 9.47 Å². The van der Waals surface area contributed by atoms with Gasteiger partial charge < -0.3 is 14.8 Å². The number of anilines is 1. The number of carbonyl (C=O) groups excluding carboxylic acids is 1. The minimum atomic E-state index is -3.72. The molecule has 0 saturated carbocycles. The Morgan fingerprint density at radius 1 is 1.10 bits per heavy atom. The van der Waals surface area contributed by atoms with Crippen LogP contribution in [0.3, 0.4) is 0 Å². The number of rotatable bonds is 9. The molecule has 0 fully saturated rings. The molecule has 2 rings (SSSR count). The number of aryl methyl sites for hydroxylation is 1. The van der Waals surface area contributed by atoms with Crippen molar-refractivity contribution in [3.63, 3.8) is 0 Å². The number of nitrogens with zero attached hydrogens (tertiary/aromatic N) is 1. The van der Waals surface area contributed by atoms with E-state index in [1.807, 2.05) is 31.2 Å². The third-order valence-electron chi connectivity index (χ3n) is 4.61. The van der Waals surface area contributed by atoms with Crippen molar-refractivity contribution >= 4 is 21.6 Å². The fraction of sp³-hybridized carbons (Fsp3) is 0.381. The molecule has 0 unspecified atom stereocenters. The molecule has 0 aliphatic rings. The lowest BCUT2D eigenvalue weighted by molar-refractivity contribution is -0.120. The van der Waals surface area contributed by atoms with Crippen molar-refractivity contribution in [1.29, 1.82) is 0 Å². The molecule has 2 aromatic carbocycles. The zero-order valence-corrected chi connectivity index (χ0v) is 18.2. The number of amides is 1. The standard InChI is InChI=1S/C21H28N2O5S/c1-6-16-7-9-17(10-8-16)15(2)22-21(24)14-23(29(5,25)26)19-12-11-18(27-3)13-20(19)28-4/h7-13,15H,6,14H2,1-5H3,(H,22,24)/t15-/m1/s1. The maximum Gasteiger partial charge on any atom is 0.241 e. The van der Waals surface area contributed by atoms with Gasteiger partial charge in [0.2, 0.25) is 15.9 Å². The highest BCUT2D eigenvalue weighted by molar-refractivity contribution is 7.92. The van der Waals surface area contributed by atoms with E-state index in [2.05, 4.69) is 12.2 Å². The van der Waals surface area contributed by atoms with Crippen molar-refractivity contribution in [2.45, 2.75) is 26.3 Å². The molecule has 29 heavy (non-hydrogen) atoms. The van der Waals surface area contributed by atoms with E-state index in [0.29, 0.717) is 11.5 Å². The van der Waals surface area contributed by atoms with E-state index in [1.54, 1.807) is 18.2 Å². The van der Waals surface area contributed by atoms with Gasteiger partial charge in [-0.2, -0.15) is 0 Å². The number of carbonyl (C=O) groups is 1. The Bertz CT molecular complexity index is 942. The quantitative estimate of drug-likeness (QED) is 0.674. The molecular formula is C21H28N2O5S.